The molecule has 0 unspecified atom stereocenters. The topological polar surface area (TPSA) is 72.2 Å². The second-order valence-corrected chi connectivity index (χ2v) is 4.17. The van der Waals surface area contributed by atoms with Crippen molar-refractivity contribution in [2.45, 2.75) is 18.9 Å². The molecular formula is C9H10N2O2S. The monoisotopic (exact) mass is 210 g/mol. The minimum atomic E-state index is -0.538. The van der Waals surface area contributed by atoms with E-state index in [2.05, 4.69) is 5.32 Å². The average Bonchev–Trinajstić information content (AvgIpc) is 2.58. The molecule has 1 aromatic heterocycles. The van der Waals surface area contributed by atoms with Crippen molar-refractivity contribution < 1.29 is 9.59 Å². The summed E-state index contributed by atoms with van der Waals surface area (Å²) in [5, 5.41) is 4.51. The van der Waals surface area contributed by atoms with Crippen LogP contribution in [0.15, 0.2) is 11.4 Å². The highest BCUT2D eigenvalue weighted by Crippen LogP contribution is 2.33. The summed E-state index contributed by atoms with van der Waals surface area (Å²) in [6.07, 6.45) is 1.13. The van der Waals surface area contributed by atoms with Gasteiger partial charge in [-0.1, -0.05) is 0 Å². The fourth-order valence-corrected chi connectivity index (χ4v) is 2.67. The van der Waals surface area contributed by atoms with Crippen LogP contribution >= 0.6 is 11.3 Å². The van der Waals surface area contributed by atoms with Crippen LogP contribution in [0.5, 0.6) is 0 Å². The average molecular weight is 210 g/mol. The Labute approximate surface area is 85.1 Å². The minimum Gasteiger partial charge on any atom is -0.352 e. The van der Waals surface area contributed by atoms with Crippen LogP contribution in [-0.2, 0) is 0 Å². The number of primary amides is 1. The summed E-state index contributed by atoms with van der Waals surface area (Å²) >= 11 is 1.49. The lowest BCUT2D eigenvalue weighted by Gasteiger charge is -2.21. The second-order valence-electron chi connectivity index (χ2n) is 3.22. The zero-order chi connectivity index (χ0) is 10.1. The number of fused-ring (bicyclic) bond motifs is 1. The maximum Gasteiger partial charge on any atom is 0.312 e. The number of hydrogen-bond acceptors (Lipinski definition) is 3. The van der Waals surface area contributed by atoms with Crippen molar-refractivity contribution in [3.8, 4) is 0 Å². The van der Waals surface area contributed by atoms with Crippen molar-refractivity contribution >= 4 is 23.2 Å². The SMILES string of the molecule is NC(=O)N[C@H]1CCC(=O)c2ccsc21. The van der Waals surface area contributed by atoms with Gasteiger partial charge in [-0.25, -0.2) is 4.79 Å². The van der Waals surface area contributed by atoms with Crippen LogP contribution in [0.4, 0.5) is 4.79 Å². The number of carbonyl (C=O) groups is 2. The van der Waals surface area contributed by atoms with Gasteiger partial charge >= 0.3 is 6.03 Å². The highest BCUT2D eigenvalue weighted by molar-refractivity contribution is 7.10. The molecule has 0 bridgehead atoms. The lowest BCUT2D eigenvalue weighted by atomic mass is 9.94. The zero-order valence-electron chi connectivity index (χ0n) is 7.45. The van der Waals surface area contributed by atoms with E-state index >= 15 is 0 Å². The molecule has 0 aliphatic heterocycles. The van der Waals surface area contributed by atoms with Gasteiger partial charge in [-0.15, -0.1) is 11.3 Å². The highest BCUT2D eigenvalue weighted by Gasteiger charge is 2.27. The van der Waals surface area contributed by atoms with E-state index in [0.717, 1.165) is 10.4 Å². The van der Waals surface area contributed by atoms with Gasteiger partial charge in [0.05, 0.1) is 6.04 Å². The lowest BCUT2D eigenvalue weighted by molar-refractivity contribution is 0.0965. The third kappa shape index (κ3) is 1.50. The van der Waals surface area contributed by atoms with E-state index in [-0.39, 0.29) is 11.8 Å². The Morgan fingerprint density at radius 2 is 2.43 bits per heavy atom. The standard InChI is InChI=1S/C9H10N2O2S/c10-9(13)11-6-1-2-7(12)5-3-4-14-8(5)6/h3-4,6H,1-2H2,(H3,10,11,13)/t6-/m0/s1. The van der Waals surface area contributed by atoms with Gasteiger partial charge in [0.1, 0.15) is 0 Å². The van der Waals surface area contributed by atoms with Crippen molar-refractivity contribution in [1.29, 1.82) is 0 Å². The molecule has 2 rings (SSSR count). The van der Waals surface area contributed by atoms with Gasteiger partial charge in [0.15, 0.2) is 5.78 Å². The lowest BCUT2D eigenvalue weighted by Crippen LogP contribution is -2.35. The number of urea groups is 1. The van der Waals surface area contributed by atoms with Gasteiger partial charge in [-0.05, 0) is 17.9 Å². The van der Waals surface area contributed by atoms with Crippen LogP contribution in [0.2, 0.25) is 0 Å². The molecule has 0 saturated heterocycles. The molecule has 0 radical (unpaired) electrons. The Kier molecular flexibility index (Phi) is 2.25. The number of rotatable bonds is 1. The van der Waals surface area contributed by atoms with Gasteiger partial charge in [0.25, 0.3) is 0 Å². The normalized spacial score (nSPS) is 20.3. The van der Waals surface area contributed by atoms with E-state index in [0.29, 0.717) is 12.8 Å². The first-order valence-corrected chi connectivity index (χ1v) is 5.23. The maximum atomic E-state index is 11.4. The van der Waals surface area contributed by atoms with Crippen molar-refractivity contribution in [2.24, 2.45) is 5.73 Å². The molecule has 1 aliphatic rings. The van der Waals surface area contributed by atoms with Crippen molar-refractivity contribution in [1.82, 2.24) is 5.32 Å². The van der Waals surface area contributed by atoms with Gasteiger partial charge in [0, 0.05) is 16.9 Å². The number of amides is 2. The van der Waals surface area contributed by atoms with Crippen molar-refractivity contribution in [3.63, 3.8) is 0 Å². The number of ketones is 1. The molecule has 1 aliphatic carbocycles. The van der Waals surface area contributed by atoms with Gasteiger partial charge in [-0.3, -0.25) is 4.79 Å². The molecule has 4 nitrogen and oxygen atoms in total. The predicted molar refractivity (Wildman–Crippen MR) is 53.3 cm³/mol. The minimum absolute atomic E-state index is 0.0831. The van der Waals surface area contributed by atoms with Crippen LogP contribution in [0.25, 0.3) is 0 Å². The third-order valence-electron chi connectivity index (χ3n) is 2.29. The van der Waals surface area contributed by atoms with E-state index in [1.807, 2.05) is 5.38 Å². The Morgan fingerprint density at radius 3 is 3.14 bits per heavy atom. The number of Topliss-reactive ketones (excluding diaryl/α,β-unsaturated/α-hetero) is 1. The molecule has 74 valence electrons. The molecule has 1 atom stereocenters. The van der Waals surface area contributed by atoms with Crippen LogP contribution in [0.3, 0.4) is 0 Å². The number of nitrogens with one attached hydrogen (secondary N) is 1. The molecule has 0 aromatic carbocycles. The van der Waals surface area contributed by atoms with Gasteiger partial charge in [-0.2, -0.15) is 0 Å². The first-order valence-electron chi connectivity index (χ1n) is 4.35. The number of thiophene rings is 1. The third-order valence-corrected chi connectivity index (χ3v) is 3.32. The Balaban J connectivity index is 2.29. The Morgan fingerprint density at radius 1 is 1.64 bits per heavy atom. The summed E-state index contributed by atoms with van der Waals surface area (Å²) < 4.78 is 0. The van der Waals surface area contributed by atoms with Crippen LogP contribution in [0.1, 0.15) is 34.1 Å². The maximum absolute atomic E-state index is 11.4. The van der Waals surface area contributed by atoms with E-state index < -0.39 is 6.03 Å². The van der Waals surface area contributed by atoms with Crippen molar-refractivity contribution in [2.75, 3.05) is 0 Å². The smallest absolute Gasteiger partial charge is 0.312 e. The van der Waals surface area contributed by atoms with E-state index in [9.17, 15) is 9.59 Å². The summed E-state index contributed by atoms with van der Waals surface area (Å²) in [4.78, 5) is 23.1. The molecule has 0 fully saturated rings. The van der Waals surface area contributed by atoms with Gasteiger partial charge in [0.2, 0.25) is 0 Å². The van der Waals surface area contributed by atoms with Crippen molar-refractivity contribution in [3.05, 3.63) is 21.9 Å². The summed E-state index contributed by atoms with van der Waals surface area (Å²) in [6, 6.07) is 1.18. The number of hydrogen-bond donors (Lipinski definition) is 2. The molecule has 14 heavy (non-hydrogen) atoms. The molecule has 0 spiro atoms. The summed E-state index contributed by atoms with van der Waals surface area (Å²) in [5.41, 5.74) is 5.79. The first kappa shape index (κ1) is 9.21. The molecule has 5 heteroatoms. The molecular weight excluding hydrogens is 200 g/mol. The predicted octanol–water partition coefficient (Wildman–Crippen LogP) is 1.43. The molecule has 1 aromatic rings. The summed E-state index contributed by atoms with van der Waals surface area (Å²) in [7, 11) is 0. The summed E-state index contributed by atoms with van der Waals surface area (Å²) in [6.45, 7) is 0. The van der Waals surface area contributed by atoms with Crippen LogP contribution in [-0.4, -0.2) is 11.8 Å². The Bertz CT molecular complexity index is 386. The van der Waals surface area contributed by atoms with E-state index in [1.54, 1.807) is 6.07 Å². The van der Waals surface area contributed by atoms with Crippen LogP contribution in [0, 0.1) is 0 Å². The van der Waals surface area contributed by atoms with E-state index in [1.165, 1.54) is 11.3 Å². The molecule has 0 saturated carbocycles. The quantitative estimate of drug-likeness (QED) is 0.736. The fraction of sp³-hybridized carbons (Fsp3) is 0.333. The molecule has 1 heterocycles. The zero-order valence-corrected chi connectivity index (χ0v) is 8.26. The fourth-order valence-electron chi connectivity index (χ4n) is 1.67. The second kappa shape index (κ2) is 3.42. The highest BCUT2D eigenvalue weighted by atomic mass is 32.1. The Hall–Kier alpha value is -1.36. The molecule has 3 N–H and O–H groups in total. The number of carbonyl (C=O) groups excluding carboxylic acids is 2. The summed E-state index contributed by atoms with van der Waals surface area (Å²) in [5.74, 6) is 0.156. The largest absolute Gasteiger partial charge is 0.352 e. The van der Waals surface area contributed by atoms with Crippen LogP contribution < -0.4 is 11.1 Å². The first-order chi connectivity index (χ1) is 6.68. The number of nitrogens with two attached hydrogens (primary N) is 1. The van der Waals surface area contributed by atoms with E-state index in [4.69, 9.17) is 5.73 Å². The molecule has 2 amide bonds. The van der Waals surface area contributed by atoms with Gasteiger partial charge < -0.3 is 11.1 Å².